The number of carbonyl (C=O) groups excluding carboxylic acids is 1. The quantitative estimate of drug-likeness (QED) is 0.846. The van der Waals surface area contributed by atoms with Gasteiger partial charge in [-0.15, -0.1) is 0 Å². The van der Waals surface area contributed by atoms with Crippen molar-refractivity contribution in [2.24, 2.45) is 0 Å². The molecule has 0 atom stereocenters. The number of para-hydroxylation sites is 2. The fourth-order valence-electron chi connectivity index (χ4n) is 3.38. The zero-order valence-corrected chi connectivity index (χ0v) is 13.7. The number of morpholine rings is 1. The lowest BCUT2D eigenvalue weighted by Gasteiger charge is -2.30. The van der Waals surface area contributed by atoms with E-state index in [1.165, 1.54) is 18.5 Å². The van der Waals surface area contributed by atoms with Gasteiger partial charge in [-0.1, -0.05) is 25.0 Å². The van der Waals surface area contributed by atoms with Crippen molar-refractivity contribution in [2.75, 3.05) is 43.1 Å². The Hall–Kier alpha value is -1.75. The van der Waals surface area contributed by atoms with E-state index < -0.39 is 0 Å². The van der Waals surface area contributed by atoms with Gasteiger partial charge >= 0.3 is 0 Å². The minimum absolute atomic E-state index is 0.160. The van der Waals surface area contributed by atoms with Crippen LogP contribution >= 0.6 is 0 Å². The lowest BCUT2D eigenvalue weighted by Crippen LogP contribution is -2.36. The first kappa shape index (κ1) is 16.1. The maximum Gasteiger partial charge on any atom is 0.221 e. The number of amides is 1. The molecule has 23 heavy (non-hydrogen) atoms. The van der Waals surface area contributed by atoms with Gasteiger partial charge in [0.25, 0.3) is 0 Å². The largest absolute Gasteiger partial charge is 0.383 e. The molecule has 1 aliphatic heterocycles. The maximum atomic E-state index is 12.0. The summed E-state index contributed by atoms with van der Waals surface area (Å²) in [5.41, 5.74) is 2.30. The molecular weight excluding hydrogens is 290 g/mol. The minimum Gasteiger partial charge on any atom is -0.383 e. The second-order valence-corrected chi connectivity index (χ2v) is 6.34. The second kappa shape index (κ2) is 8.20. The van der Waals surface area contributed by atoms with Crippen LogP contribution < -0.4 is 15.5 Å². The van der Waals surface area contributed by atoms with Crippen molar-refractivity contribution in [1.29, 1.82) is 0 Å². The molecule has 1 saturated heterocycles. The topological polar surface area (TPSA) is 53.6 Å². The van der Waals surface area contributed by atoms with E-state index in [9.17, 15) is 4.79 Å². The summed E-state index contributed by atoms with van der Waals surface area (Å²) >= 11 is 0. The van der Waals surface area contributed by atoms with E-state index in [1.54, 1.807) is 0 Å². The van der Waals surface area contributed by atoms with Gasteiger partial charge in [0.15, 0.2) is 0 Å². The third-order valence-electron chi connectivity index (χ3n) is 4.64. The van der Waals surface area contributed by atoms with Gasteiger partial charge in [-0.3, -0.25) is 4.79 Å². The van der Waals surface area contributed by atoms with Crippen LogP contribution in [0, 0.1) is 0 Å². The first-order chi connectivity index (χ1) is 11.3. The summed E-state index contributed by atoms with van der Waals surface area (Å²) in [5.74, 6) is 0.160. The standard InChI is InChI=1S/C18H27N3O2/c22-18(20-15-5-1-2-6-15)9-10-19-16-7-3-4-8-17(16)21-11-13-23-14-12-21/h3-4,7-8,15,19H,1-2,5-6,9-14H2,(H,20,22). The Kier molecular flexibility index (Phi) is 5.75. The summed E-state index contributed by atoms with van der Waals surface area (Å²) in [6, 6.07) is 8.71. The Morgan fingerprint density at radius 3 is 2.70 bits per heavy atom. The summed E-state index contributed by atoms with van der Waals surface area (Å²) in [6.45, 7) is 4.05. The molecule has 5 nitrogen and oxygen atoms in total. The number of carbonyl (C=O) groups is 1. The molecule has 1 amide bonds. The highest BCUT2D eigenvalue weighted by molar-refractivity contribution is 5.77. The first-order valence-electron chi connectivity index (χ1n) is 8.78. The Morgan fingerprint density at radius 2 is 1.91 bits per heavy atom. The van der Waals surface area contributed by atoms with Gasteiger partial charge in [-0.05, 0) is 25.0 Å². The van der Waals surface area contributed by atoms with Crippen molar-refractivity contribution in [1.82, 2.24) is 5.32 Å². The molecule has 1 aliphatic carbocycles. The number of rotatable bonds is 6. The van der Waals surface area contributed by atoms with E-state index in [4.69, 9.17) is 4.74 Å². The third-order valence-corrected chi connectivity index (χ3v) is 4.64. The molecule has 2 aliphatic rings. The maximum absolute atomic E-state index is 12.0. The first-order valence-corrected chi connectivity index (χ1v) is 8.78. The fourth-order valence-corrected chi connectivity index (χ4v) is 3.38. The zero-order chi connectivity index (χ0) is 15.9. The van der Waals surface area contributed by atoms with Gasteiger partial charge in [-0.25, -0.2) is 0 Å². The fraction of sp³-hybridized carbons (Fsp3) is 0.611. The van der Waals surface area contributed by atoms with E-state index >= 15 is 0 Å². The average Bonchev–Trinajstić information content (AvgIpc) is 3.09. The highest BCUT2D eigenvalue weighted by Crippen LogP contribution is 2.26. The van der Waals surface area contributed by atoms with Crippen molar-refractivity contribution in [3.63, 3.8) is 0 Å². The van der Waals surface area contributed by atoms with Crippen molar-refractivity contribution >= 4 is 17.3 Å². The van der Waals surface area contributed by atoms with Gasteiger partial charge in [-0.2, -0.15) is 0 Å². The number of anilines is 2. The summed E-state index contributed by atoms with van der Waals surface area (Å²) in [5, 5.41) is 6.56. The smallest absolute Gasteiger partial charge is 0.221 e. The summed E-state index contributed by atoms with van der Waals surface area (Å²) < 4.78 is 5.42. The van der Waals surface area contributed by atoms with Gasteiger partial charge in [0.2, 0.25) is 5.91 Å². The SMILES string of the molecule is O=C(CCNc1ccccc1N1CCOCC1)NC1CCCC1. The van der Waals surface area contributed by atoms with Crippen LogP contribution in [0.15, 0.2) is 24.3 Å². The van der Waals surface area contributed by atoms with Gasteiger partial charge < -0.3 is 20.3 Å². The molecule has 1 heterocycles. The lowest BCUT2D eigenvalue weighted by atomic mass is 10.2. The third kappa shape index (κ3) is 4.61. The van der Waals surface area contributed by atoms with Crippen LogP contribution in [0.25, 0.3) is 0 Å². The minimum atomic E-state index is 0.160. The highest BCUT2D eigenvalue weighted by Gasteiger charge is 2.17. The Bertz CT molecular complexity index is 509. The Balaban J connectivity index is 1.48. The molecule has 1 saturated carbocycles. The van der Waals surface area contributed by atoms with Crippen LogP contribution in [0.1, 0.15) is 32.1 Å². The summed E-state index contributed by atoms with van der Waals surface area (Å²) in [4.78, 5) is 14.3. The van der Waals surface area contributed by atoms with Crippen LogP contribution in [0.2, 0.25) is 0 Å². The number of benzene rings is 1. The Labute approximate surface area is 138 Å². The molecule has 2 N–H and O–H groups in total. The molecule has 0 unspecified atom stereocenters. The predicted octanol–water partition coefficient (Wildman–Crippen LogP) is 2.38. The molecule has 2 fully saturated rings. The number of hydrogen-bond donors (Lipinski definition) is 2. The molecule has 3 rings (SSSR count). The van der Waals surface area contributed by atoms with Crippen molar-refractivity contribution in [2.45, 2.75) is 38.1 Å². The van der Waals surface area contributed by atoms with E-state index in [2.05, 4.69) is 33.7 Å². The number of nitrogens with zero attached hydrogens (tertiary/aromatic N) is 1. The van der Waals surface area contributed by atoms with Crippen LogP contribution in [0.4, 0.5) is 11.4 Å². The van der Waals surface area contributed by atoms with Gasteiger partial charge in [0.05, 0.1) is 24.6 Å². The zero-order valence-electron chi connectivity index (χ0n) is 13.7. The molecule has 126 valence electrons. The van der Waals surface area contributed by atoms with E-state index in [-0.39, 0.29) is 5.91 Å². The van der Waals surface area contributed by atoms with Crippen LogP contribution in [0.5, 0.6) is 0 Å². The average molecular weight is 317 g/mol. The molecule has 0 bridgehead atoms. The number of ether oxygens (including phenoxy) is 1. The van der Waals surface area contributed by atoms with Crippen molar-refractivity contribution in [3.8, 4) is 0 Å². The van der Waals surface area contributed by atoms with Gasteiger partial charge in [0, 0.05) is 32.1 Å². The van der Waals surface area contributed by atoms with Crippen LogP contribution in [0.3, 0.4) is 0 Å². The van der Waals surface area contributed by atoms with Crippen molar-refractivity contribution in [3.05, 3.63) is 24.3 Å². The molecular formula is C18H27N3O2. The van der Waals surface area contributed by atoms with E-state index in [0.29, 0.717) is 19.0 Å². The molecule has 0 aromatic heterocycles. The van der Waals surface area contributed by atoms with Crippen LogP contribution in [-0.4, -0.2) is 44.8 Å². The van der Waals surface area contributed by atoms with Crippen LogP contribution in [-0.2, 0) is 9.53 Å². The monoisotopic (exact) mass is 317 g/mol. The van der Waals surface area contributed by atoms with E-state index in [0.717, 1.165) is 44.8 Å². The second-order valence-electron chi connectivity index (χ2n) is 6.34. The van der Waals surface area contributed by atoms with Crippen molar-refractivity contribution < 1.29 is 9.53 Å². The predicted molar refractivity (Wildman–Crippen MR) is 93.0 cm³/mol. The Morgan fingerprint density at radius 1 is 1.17 bits per heavy atom. The lowest BCUT2D eigenvalue weighted by molar-refractivity contribution is -0.121. The molecule has 1 aromatic rings. The summed E-state index contributed by atoms with van der Waals surface area (Å²) in [6.07, 6.45) is 5.29. The molecule has 0 spiro atoms. The highest BCUT2D eigenvalue weighted by atomic mass is 16.5. The number of nitrogens with one attached hydrogen (secondary N) is 2. The van der Waals surface area contributed by atoms with E-state index in [1.807, 2.05) is 6.07 Å². The molecule has 5 heteroatoms. The molecule has 1 aromatic carbocycles. The summed E-state index contributed by atoms with van der Waals surface area (Å²) in [7, 11) is 0. The van der Waals surface area contributed by atoms with Gasteiger partial charge in [0.1, 0.15) is 0 Å². The number of hydrogen-bond acceptors (Lipinski definition) is 4. The molecule has 0 radical (unpaired) electrons. The normalized spacial score (nSPS) is 18.9.